The van der Waals surface area contributed by atoms with Crippen LogP contribution >= 0.6 is 27.5 Å². The fourth-order valence-corrected chi connectivity index (χ4v) is 2.53. The SMILES string of the molecule is CCc1c(C)nc(-c2cc(F)ccc2Br)nc1Cl. The van der Waals surface area contributed by atoms with Gasteiger partial charge in [0.25, 0.3) is 0 Å². The molecule has 0 saturated carbocycles. The quantitative estimate of drug-likeness (QED) is 0.754. The lowest BCUT2D eigenvalue weighted by Crippen LogP contribution is -2.00. The van der Waals surface area contributed by atoms with Crippen molar-refractivity contribution in [1.82, 2.24) is 9.97 Å². The topological polar surface area (TPSA) is 25.8 Å². The molecule has 0 radical (unpaired) electrons. The first kappa shape index (κ1) is 13.4. The molecular formula is C13H11BrClFN2. The van der Waals surface area contributed by atoms with Crippen LogP contribution in [-0.2, 0) is 6.42 Å². The van der Waals surface area contributed by atoms with Gasteiger partial charge >= 0.3 is 0 Å². The third-order valence-electron chi connectivity index (χ3n) is 2.69. The standard InChI is InChI=1S/C13H11BrClFN2/c1-3-9-7(2)17-13(18-12(9)15)10-6-8(16)4-5-11(10)14/h4-6H,3H2,1-2H3. The molecule has 0 bridgehead atoms. The second-order valence-corrected chi connectivity index (χ2v) is 5.09. The Balaban J connectivity index is 2.61. The molecule has 0 fully saturated rings. The van der Waals surface area contributed by atoms with Gasteiger partial charge in [0.15, 0.2) is 5.82 Å². The number of aryl methyl sites for hydroxylation is 1. The number of rotatable bonds is 2. The lowest BCUT2D eigenvalue weighted by molar-refractivity contribution is 0.628. The van der Waals surface area contributed by atoms with Gasteiger partial charge in [-0.05, 0) is 31.5 Å². The number of aromatic nitrogens is 2. The van der Waals surface area contributed by atoms with Gasteiger partial charge in [-0.2, -0.15) is 0 Å². The molecule has 18 heavy (non-hydrogen) atoms. The summed E-state index contributed by atoms with van der Waals surface area (Å²) in [5.74, 6) is 0.103. The summed E-state index contributed by atoms with van der Waals surface area (Å²) in [6.45, 7) is 3.87. The molecule has 0 atom stereocenters. The maximum absolute atomic E-state index is 13.3. The Bertz CT molecular complexity index is 579. The minimum absolute atomic E-state index is 0.329. The molecular weight excluding hydrogens is 319 g/mol. The van der Waals surface area contributed by atoms with Crippen molar-refractivity contribution in [2.24, 2.45) is 0 Å². The molecule has 2 aromatic rings. The predicted molar refractivity (Wildman–Crippen MR) is 74.3 cm³/mol. The van der Waals surface area contributed by atoms with Crippen LogP contribution in [0.1, 0.15) is 18.2 Å². The average Bonchev–Trinajstić information content (AvgIpc) is 2.32. The zero-order valence-corrected chi connectivity index (χ0v) is 12.3. The first-order valence-corrected chi connectivity index (χ1v) is 6.68. The second kappa shape index (κ2) is 5.33. The van der Waals surface area contributed by atoms with Crippen molar-refractivity contribution in [2.75, 3.05) is 0 Å². The van der Waals surface area contributed by atoms with Crippen LogP contribution in [0.25, 0.3) is 11.4 Å². The molecule has 1 aromatic heterocycles. The van der Waals surface area contributed by atoms with E-state index in [1.54, 1.807) is 6.07 Å². The molecule has 0 aliphatic rings. The van der Waals surface area contributed by atoms with E-state index in [1.807, 2.05) is 13.8 Å². The summed E-state index contributed by atoms with van der Waals surface area (Å²) in [5.41, 5.74) is 2.35. The van der Waals surface area contributed by atoms with Gasteiger partial charge in [-0.25, -0.2) is 14.4 Å². The van der Waals surface area contributed by atoms with E-state index in [0.29, 0.717) is 16.5 Å². The maximum Gasteiger partial charge on any atom is 0.162 e. The Kier molecular flexibility index (Phi) is 3.97. The van der Waals surface area contributed by atoms with Crippen molar-refractivity contribution in [3.05, 3.63) is 44.9 Å². The summed E-state index contributed by atoms with van der Waals surface area (Å²) in [6.07, 6.45) is 0.773. The lowest BCUT2D eigenvalue weighted by Gasteiger charge is -2.09. The van der Waals surface area contributed by atoms with E-state index in [-0.39, 0.29) is 5.82 Å². The zero-order valence-electron chi connectivity index (χ0n) is 9.97. The summed E-state index contributed by atoms with van der Waals surface area (Å²) in [7, 11) is 0. The lowest BCUT2D eigenvalue weighted by atomic mass is 10.1. The minimum Gasteiger partial charge on any atom is -0.233 e. The first-order valence-electron chi connectivity index (χ1n) is 5.51. The van der Waals surface area contributed by atoms with Crippen LogP contribution in [0, 0.1) is 12.7 Å². The number of benzene rings is 1. The highest BCUT2D eigenvalue weighted by Crippen LogP contribution is 2.29. The van der Waals surface area contributed by atoms with Crippen LogP contribution in [0.4, 0.5) is 4.39 Å². The van der Waals surface area contributed by atoms with E-state index in [4.69, 9.17) is 11.6 Å². The van der Waals surface area contributed by atoms with Crippen molar-refractivity contribution >= 4 is 27.5 Å². The van der Waals surface area contributed by atoms with Crippen molar-refractivity contribution in [3.8, 4) is 11.4 Å². The Morgan fingerprint density at radius 3 is 2.67 bits per heavy atom. The van der Waals surface area contributed by atoms with Crippen LogP contribution in [0.2, 0.25) is 5.15 Å². The molecule has 0 aliphatic heterocycles. The summed E-state index contributed by atoms with van der Waals surface area (Å²) in [5, 5.41) is 0.427. The molecule has 5 heteroatoms. The van der Waals surface area contributed by atoms with Gasteiger partial charge in [0.2, 0.25) is 0 Å². The largest absolute Gasteiger partial charge is 0.233 e. The number of hydrogen-bond donors (Lipinski definition) is 0. The number of nitrogens with zero attached hydrogens (tertiary/aromatic N) is 2. The molecule has 1 heterocycles. The minimum atomic E-state index is -0.329. The fourth-order valence-electron chi connectivity index (χ4n) is 1.75. The maximum atomic E-state index is 13.3. The monoisotopic (exact) mass is 328 g/mol. The van der Waals surface area contributed by atoms with E-state index in [1.165, 1.54) is 12.1 Å². The van der Waals surface area contributed by atoms with E-state index in [2.05, 4.69) is 25.9 Å². The summed E-state index contributed by atoms with van der Waals surface area (Å²) in [6, 6.07) is 4.40. The molecule has 2 rings (SSSR count). The van der Waals surface area contributed by atoms with E-state index in [0.717, 1.165) is 22.2 Å². The second-order valence-electron chi connectivity index (χ2n) is 3.88. The highest BCUT2D eigenvalue weighted by Gasteiger charge is 2.12. The molecule has 1 aromatic carbocycles. The predicted octanol–water partition coefficient (Wildman–Crippen LogP) is 4.57. The fraction of sp³-hybridized carbons (Fsp3) is 0.231. The van der Waals surface area contributed by atoms with Crippen LogP contribution in [0.15, 0.2) is 22.7 Å². The highest BCUT2D eigenvalue weighted by molar-refractivity contribution is 9.10. The summed E-state index contributed by atoms with van der Waals surface area (Å²) >= 11 is 9.48. The van der Waals surface area contributed by atoms with Crippen LogP contribution in [-0.4, -0.2) is 9.97 Å². The van der Waals surface area contributed by atoms with Gasteiger partial charge < -0.3 is 0 Å². The Hall–Kier alpha value is -1.00. The van der Waals surface area contributed by atoms with E-state index < -0.39 is 0 Å². The summed E-state index contributed by atoms with van der Waals surface area (Å²) in [4.78, 5) is 8.62. The van der Waals surface area contributed by atoms with Crippen molar-refractivity contribution in [1.29, 1.82) is 0 Å². The Labute approximate surface area is 118 Å². The number of hydrogen-bond acceptors (Lipinski definition) is 2. The third kappa shape index (κ3) is 2.54. The van der Waals surface area contributed by atoms with Crippen molar-refractivity contribution < 1.29 is 4.39 Å². The zero-order chi connectivity index (χ0) is 13.3. The smallest absolute Gasteiger partial charge is 0.162 e. The van der Waals surface area contributed by atoms with Gasteiger partial charge in [-0.3, -0.25) is 0 Å². The Morgan fingerprint density at radius 1 is 1.33 bits per heavy atom. The molecule has 0 aliphatic carbocycles. The molecule has 2 nitrogen and oxygen atoms in total. The molecule has 0 N–H and O–H groups in total. The summed E-state index contributed by atoms with van der Waals surface area (Å²) < 4.78 is 14.0. The van der Waals surface area contributed by atoms with E-state index >= 15 is 0 Å². The third-order valence-corrected chi connectivity index (χ3v) is 3.69. The Morgan fingerprint density at radius 2 is 2.06 bits per heavy atom. The average molecular weight is 330 g/mol. The normalized spacial score (nSPS) is 10.7. The molecule has 0 saturated heterocycles. The van der Waals surface area contributed by atoms with Crippen molar-refractivity contribution in [2.45, 2.75) is 20.3 Å². The number of halogens is 3. The van der Waals surface area contributed by atoms with E-state index in [9.17, 15) is 4.39 Å². The molecule has 0 amide bonds. The van der Waals surface area contributed by atoms with Gasteiger partial charge in [0.1, 0.15) is 11.0 Å². The van der Waals surface area contributed by atoms with Crippen LogP contribution < -0.4 is 0 Å². The molecule has 0 spiro atoms. The highest BCUT2D eigenvalue weighted by atomic mass is 79.9. The van der Waals surface area contributed by atoms with Gasteiger partial charge in [-0.1, -0.05) is 34.5 Å². The van der Waals surface area contributed by atoms with Crippen molar-refractivity contribution in [3.63, 3.8) is 0 Å². The van der Waals surface area contributed by atoms with Gasteiger partial charge in [0.05, 0.1) is 0 Å². The van der Waals surface area contributed by atoms with Gasteiger partial charge in [-0.15, -0.1) is 0 Å². The molecule has 94 valence electrons. The molecule has 0 unspecified atom stereocenters. The first-order chi connectivity index (χ1) is 8.52. The van der Waals surface area contributed by atoms with Crippen LogP contribution in [0.5, 0.6) is 0 Å². The van der Waals surface area contributed by atoms with Crippen LogP contribution in [0.3, 0.4) is 0 Å². The van der Waals surface area contributed by atoms with Gasteiger partial charge in [0, 0.05) is 21.3 Å².